The molecule has 22 heavy (non-hydrogen) atoms. The number of aliphatic hydroxyl groups is 2. The summed E-state index contributed by atoms with van der Waals surface area (Å²) < 4.78 is 16.3. The van der Waals surface area contributed by atoms with Gasteiger partial charge in [-0.3, -0.25) is 4.79 Å². The van der Waals surface area contributed by atoms with Gasteiger partial charge in [-0.15, -0.1) is 0 Å². The predicted molar refractivity (Wildman–Crippen MR) is 75.7 cm³/mol. The molecule has 0 saturated carbocycles. The molecular weight excluding hydrogens is 290 g/mol. The molecule has 0 bridgehead atoms. The summed E-state index contributed by atoms with van der Waals surface area (Å²) in [5.74, 6) is 0.488. The quantitative estimate of drug-likeness (QED) is 0.684. The zero-order chi connectivity index (χ0) is 15.5. The molecule has 3 rings (SSSR count). The Labute approximate surface area is 127 Å². The second-order valence-electron chi connectivity index (χ2n) is 5.46. The molecule has 0 radical (unpaired) electrons. The number of para-hydroxylation sites is 2. The maximum Gasteiger partial charge on any atom is 0.264 e. The summed E-state index contributed by atoms with van der Waals surface area (Å²) in [7, 11) is 0. The molecule has 2 aliphatic heterocycles. The minimum absolute atomic E-state index is 0.113. The Kier molecular flexibility index (Phi) is 4.47. The summed E-state index contributed by atoms with van der Waals surface area (Å²) in [4.78, 5) is 12.1. The van der Waals surface area contributed by atoms with Crippen LogP contribution in [0.5, 0.6) is 11.5 Å². The summed E-state index contributed by atoms with van der Waals surface area (Å²) >= 11 is 0. The fraction of sp³-hybridized carbons (Fsp3) is 0.533. The van der Waals surface area contributed by atoms with Crippen molar-refractivity contribution >= 4 is 5.91 Å². The van der Waals surface area contributed by atoms with Crippen LogP contribution in [0.3, 0.4) is 0 Å². The molecule has 2 aliphatic rings. The maximum atomic E-state index is 12.1. The van der Waals surface area contributed by atoms with Gasteiger partial charge in [0.05, 0.1) is 19.3 Å². The van der Waals surface area contributed by atoms with Gasteiger partial charge < -0.3 is 29.7 Å². The fourth-order valence-corrected chi connectivity index (χ4v) is 2.53. The van der Waals surface area contributed by atoms with Crippen LogP contribution in [0.25, 0.3) is 0 Å². The van der Waals surface area contributed by atoms with E-state index in [-0.39, 0.29) is 31.6 Å². The normalized spacial score (nSPS) is 30.6. The molecule has 0 aromatic heterocycles. The van der Waals surface area contributed by atoms with E-state index in [0.717, 1.165) is 0 Å². The number of fused-ring (bicyclic) bond motifs is 1. The van der Waals surface area contributed by atoms with Gasteiger partial charge in [0.15, 0.2) is 11.5 Å². The highest BCUT2D eigenvalue weighted by Crippen LogP contribution is 2.30. The largest absolute Gasteiger partial charge is 0.485 e. The third-order valence-corrected chi connectivity index (χ3v) is 3.84. The average Bonchev–Trinajstić information content (AvgIpc) is 2.55. The molecule has 0 spiro atoms. The maximum absolute atomic E-state index is 12.1. The van der Waals surface area contributed by atoms with Gasteiger partial charge in [-0.2, -0.15) is 0 Å². The molecule has 1 aromatic rings. The Morgan fingerprint density at radius 3 is 2.77 bits per heavy atom. The van der Waals surface area contributed by atoms with E-state index in [2.05, 4.69) is 5.32 Å². The van der Waals surface area contributed by atoms with Crippen LogP contribution in [-0.4, -0.2) is 60.8 Å². The molecule has 3 N–H and O–H groups in total. The molecule has 1 aromatic carbocycles. The molecule has 1 fully saturated rings. The highest BCUT2D eigenvalue weighted by molar-refractivity contribution is 5.81. The van der Waals surface area contributed by atoms with Crippen LogP contribution in [-0.2, 0) is 9.53 Å². The molecular formula is C15H19NO6. The number of benzene rings is 1. The topological polar surface area (TPSA) is 97.3 Å². The van der Waals surface area contributed by atoms with E-state index in [1.807, 2.05) is 6.07 Å². The zero-order valence-corrected chi connectivity index (χ0v) is 12.0. The van der Waals surface area contributed by atoms with E-state index < -0.39 is 18.3 Å². The van der Waals surface area contributed by atoms with Crippen LogP contribution in [0.2, 0.25) is 0 Å². The Morgan fingerprint density at radius 1 is 1.18 bits per heavy atom. The lowest BCUT2D eigenvalue weighted by atomic mass is 9.96. The molecule has 7 heteroatoms. The van der Waals surface area contributed by atoms with Crippen LogP contribution >= 0.6 is 0 Å². The Morgan fingerprint density at radius 2 is 1.95 bits per heavy atom. The standard InChI is InChI=1S/C15H19NO6/c17-10-7-20-6-9(14(10)18)5-16-15(19)13-8-21-11-3-1-2-4-12(11)22-13/h1-4,9-10,13-14,17-18H,5-8H2,(H,16,19)/t9-,10-,13?,14+/m1/s1. The van der Waals surface area contributed by atoms with Gasteiger partial charge in [0.25, 0.3) is 5.91 Å². The minimum Gasteiger partial charge on any atom is -0.485 e. The van der Waals surface area contributed by atoms with Gasteiger partial charge >= 0.3 is 0 Å². The second kappa shape index (κ2) is 6.51. The number of hydrogen-bond acceptors (Lipinski definition) is 6. The highest BCUT2D eigenvalue weighted by atomic mass is 16.6. The molecule has 4 atom stereocenters. The van der Waals surface area contributed by atoms with Gasteiger partial charge in [-0.1, -0.05) is 12.1 Å². The second-order valence-corrected chi connectivity index (χ2v) is 5.46. The van der Waals surface area contributed by atoms with Crippen molar-refractivity contribution in [3.63, 3.8) is 0 Å². The summed E-state index contributed by atoms with van der Waals surface area (Å²) in [5, 5.41) is 22.1. The Bertz CT molecular complexity index is 537. The van der Waals surface area contributed by atoms with Gasteiger partial charge in [-0.05, 0) is 12.1 Å². The lowest BCUT2D eigenvalue weighted by Crippen LogP contribution is -2.51. The number of carbonyl (C=O) groups excluding carboxylic acids is 1. The zero-order valence-electron chi connectivity index (χ0n) is 12.0. The Hall–Kier alpha value is -1.83. The minimum atomic E-state index is -0.920. The van der Waals surface area contributed by atoms with E-state index in [4.69, 9.17) is 14.2 Å². The smallest absolute Gasteiger partial charge is 0.264 e. The van der Waals surface area contributed by atoms with Crippen molar-refractivity contribution in [1.82, 2.24) is 5.32 Å². The first-order valence-electron chi connectivity index (χ1n) is 7.25. The van der Waals surface area contributed by atoms with Crippen LogP contribution in [0, 0.1) is 5.92 Å². The molecule has 2 heterocycles. The Balaban J connectivity index is 1.53. The monoisotopic (exact) mass is 309 g/mol. The molecule has 7 nitrogen and oxygen atoms in total. The van der Waals surface area contributed by atoms with Gasteiger partial charge in [0.2, 0.25) is 6.10 Å². The summed E-state index contributed by atoms with van der Waals surface area (Å²) in [5.41, 5.74) is 0. The molecule has 1 unspecified atom stereocenters. The number of amides is 1. The van der Waals surface area contributed by atoms with Crippen molar-refractivity contribution in [3.8, 4) is 11.5 Å². The van der Waals surface area contributed by atoms with Crippen LogP contribution in [0.4, 0.5) is 0 Å². The van der Waals surface area contributed by atoms with Gasteiger partial charge in [0.1, 0.15) is 12.7 Å². The molecule has 120 valence electrons. The van der Waals surface area contributed by atoms with Gasteiger partial charge in [0, 0.05) is 12.5 Å². The number of aliphatic hydroxyl groups excluding tert-OH is 2. The van der Waals surface area contributed by atoms with Crippen molar-refractivity contribution in [2.45, 2.75) is 18.3 Å². The summed E-state index contributed by atoms with van der Waals surface area (Å²) in [6.07, 6.45) is -2.56. The fourth-order valence-electron chi connectivity index (χ4n) is 2.53. The van der Waals surface area contributed by atoms with Crippen molar-refractivity contribution < 1.29 is 29.2 Å². The average molecular weight is 309 g/mol. The molecule has 1 amide bonds. The van der Waals surface area contributed by atoms with Crippen LogP contribution in [0.1, 0.15) is 0 Å². The van der Waals surface area contributed by atoms with Crippen molar-refractivity contribution in [2.24, 2.45) is 5.92 Å². The summed E-state index contributed by atoms with van der Waals surface area (Å²) in [6, 6.07) is 7.16. The van der Waals surface area contributed by atoms with Crippen LogP contribution in [0.15, 0.2) is 24.3 Å². The number of carbonyl (C=O) groups is 1. The van der Waals surface area contributed by atoms with Crippen molar-refractivity contribution in [2.75, 3.05) is 26.4 Å². The van der Waals surface area contributed by atoms with Crippen LogP contribution < -0.4 is 14.8 Å². The highest BCUT2D eigenvalue weighted by Gasteiger charge is 2.33. The number of nitrogens with one attached hydrogen (secondary N) is 1. The first-order valence-corrected chi connectivity index (χ1v) is 7.25. The molecule has 0 aliphatic carbocycles. The van der Waals surface area contributed by atoms with Gasteiger partial charge in [-0.25, -0.2) is 0 Å². The van der Waals surface area contributed by atoms with Crippen molar-refractivity contribution in [1.29, 1.82) is 0 Å². The first-order chi connectivity index (χ1) is 10.6. The number of ether oxygens (including phenoxy) is 3. The SMILES string of the molecule is O=C(NC[C@@H]1COC[C@@H](O)[C@H]1O)C1COc2ccccc2O1. The summed E-state index contributed by atoms with van der Waals surface area (Å²) in [6.45, 7) is 0.749. The molecule has 1 saturated heterocycles. The van der Waals surface area contributed by atoms with E-state index in [0.29, 0.717) is 18.1 Å². The first kappa shape index (κ1) is 15.1. The number of rotatable bonds is 3. The van der Waals surface area contributed by atoms with E-state index in [1.54, 1.807) is 18.2 Å². The lowest BCUT2D eigenvalue weighted by molar-refractivity contribution is -0.135. The van der Waals surface area contributed by atoms with E-state index >= 15 is 0 Å². The third kappa shape index (κ3) is 3.16. The third-order valence-electron chi connectivity index (χ3n) is 3.84. The lowest BCUT2D eigenvalue weighted by Gasteiger charge is -2.32. The van der Waals surface area contributed by atoms with Crippen molar-refractivity contribution in [3.05, 3.63) is 24.3 Å². The van der Waals surface area contributed by atoms with E-state index in [9.17, 15) is 15.0 Å². The van der Waals surface area contributed by atoms with E-state index in [1.165, 1.54) is 0 Å². The predicted octanol–water partition coefficient (Wildman–Crippen LogP) is -0.689. The number of hydrogen-bond donors (Lipinski definition) is 3.